The van der Waals surface area contributed by atoms with Gasteiger partial charge in [-0.05, 0) is 29.8 Å². The number of amides is 3. The fourth-order valence-corrected chi connectivity index (χ4v) is 3.53. The Morgan fingerprint density at radius 1 is 0.879 bits per heavy atom. The highest BCUT2D eigenvalue weighted by atomic mass is 35.5. The van der Waals surface area contributed by atoms with Gasteiger partial charge in [0.1, 0.15) is 0 Å². The Hall–Kier alpha value is -3.81. The van der Waals surface area contributed by atoms with Crippen molar-refractivity contribution in [2.24, 2.45) is 0 Å². The van der Waals surface area contributed by atoms with Crippen molar-refractivity contribution in [3.8, 4) is 11.3 Å². The van der Waals surface area contributed by atoms with Crippen molar-refractivity contribution in [3.63, 3.8) is 0 Å². The highest BCUT2D eigenvalue weighted by Gasteiger charge is 2.12. The molecule has 0 saturated heterocycles. The van der Waals surface area contributed by atoms with Crippen molar-refractivity contribution in [1.82, 2.24) is 15.5 Å². The molecule has 0 aliphatic rings. The fraction of sp³-hybridized carbons (Fsp3) is 0.0417. The van der Waals surface area contributed by atoms with Crippen molar-refractivity contribution in [2.75, 3.05) is 10.6 Å². The summed E-state index contributed by atoms with van der Waals surface area (Å²) in [6, 6.07) is 22.7. The van der Waals surface area contributed by atoms with E-state index in [2.05, 4.69) is 26.1 Å². The number of nitrogens with zero attached hydrogens (tertiary/aromatic N) is 1. The smallest absolute Gasteiger partial charge is 0.324 e. The standard InChI is InChI=1S/C24H19Cl2N5O2/c25-19-11-5-10-18(22(19)26)20-13-21(31-30-20)29-24(33)28-17-9-4-8-16(12-17)23(32)27-14-15-6-2-1-3-7-15/h1-13H,14H2,(H,27,32)(H3,28,29,30,31,33). The molecule has 3 aromatic carbocycles. The van der Waals surface area contributed by atoms with Gasteiger partial charge in [-0.25, -0.2) is 4.79 Å². The molecule has 0 aliphatic heterocycles. The molecule has 0 atom stereocenters. The third kappa shape index (κ3) is 5.71. The van der Waals surface area contributed by atoms with E-state index in [1.807, 2.05) is 30.3 Å². The summed E-state index contributed by atoms with van der Waals surface area (Å²) in [6.07, 6.45) is 0. The molecular formula is C24H19Cl2N5O2. The Bertz CT molecular complexity index is 1290. The summed E-state index contributed by atoms with van der Waals surface area (Å²) >= 11 is 12.3. The van der Waals surface area contributed by atoms with Crippen LogP contribution in [0.25, 0.3) is 11.3 Å². The zero-order valence-corrected chi connectivity index (χ0v) is 18.7. The largest absolute Gasteiger partial charge is 0.348 e. The number of aromatic nitrogens is 2. The molecule has 0 bridgehead atoms. The summed E-state index contributed by atoms with van der Waals surface area (Å²) in [4.78, 5) is 24.9. The summed E-state index contributed by atoms with van der Waals surface area (Å²) in [5.74, 6) is 0.0635. The Labute approximate surface area is 200 Å². The number of hydrogen-bond acceptors (Lipinski definition) is 3. The minimum Gasteiger partial charge on any atom is -0.348 e. The molecule has 4 aromatic rings. The van der Waals surface area contributed by atoms with E-state index >= 15 is 0 Å². The van der Waals surface area contributed by atoms with Crippen LogP contribution in [0.5, 0.6) is 0 Å². The Kier molecular flexibility index (Phi) is 6.92. The number of halogens is 2. The van der Waals surface area contributed by atoms with Gasteiger partial charge in [-0.15, -0.1) is 0 Å². The maximum absolute atomic E-state index is 12.5. The van der Waals surface area contributed by atoms with Crippen LogP contribution in [-0.4, -0.2) is 22.1 Å². The number of hydrogen-bond donors (Lipinski definition) is 4. The quantitative estimate of drug-likeness (QED) is 0.274. The third-order valence-electron chi connectivity index (χ3n) is 4.74. The van der Waals surface area contributed by atoms with Crippen molar-refractivity contribution in [1.29, 1.82) is 0 Å². The second-order valence-electron chi connectivity index (χ2n) is 7.10. The fourth-order valence-electron chi connectivity index (χ4n) is 3.13. The number of carbonyl (C=O) groups excluding carboxylic acids is 2. The SMILES string of the molecule is O=C(Nc1cccc(C(=O)NCc2ccccc2)c1)Nc1cc(-c2cccc(Cl)c2Cl)[nH]n1. The molecule has 4 rings (SSSR count). The molecule has 0 fully saturated rings. The molecule has 0 unspecified atom stereocenters. The molecule has 0 aliphatic carbocycles. The molecule has 4 N–H and O–H groups in total. The van der Waals surface area contributed by atoms with E-state index in [4.69, 9.17) is 23.2 Å². The predicted molar refractivity (Wildman–Crippen MR) is 131 cm³/mol. The zero-order chi connectivity index (χ0) is 23.2. The van der Waals surface area contributed by atoms with E-state index in [0.717, 1.165) is 5.56 Å². The monoisotopic (exact) mass is 479 g/mol. The average Bonchev–Trinajstić information content (AvgIpc) is 3.28. The number of benzene rings is 3. The average molecular weight is 480 g/mol. The van der Waals surface area contributed by atoms with Gasteiger partial charge in [0.25, 0.3) is 5.91 Å². The lowest BCUT2D eigenvalue weighted by Gasteiger charge is -2.09. The van der Waals surface area contributed by atoms with Gasteiger partial charge in [0, 0.05) is 29.4 Å². The molecule has 1 aromatic heterocycles. The van der Waals surface area contributed by atoms with Crippen LogP contribution in [0.4, 0.5) is 16.3 Å². The number of urea groups is 1. The van der Waals surface area contributed by atoms with Gasteiger partial charge < -0.3 is 10.6 Å². The Morgan fingerprint density at radius 2 is 1.67 bits per heavy atom. The van der Waals surface area contributed by atoms with Gasteiger partial charge in [-0.3, -0.25) is 15.2 Å². The molecule has 9 heteroatoms. The van der Waals surface area contributed by atoms with E-state index in [1.54, 1.807) is 48.5 Å². The van der Waals surface area contributed by atoms with Gasteiger partial charge >= 0.3 is 6.03 Å². The molecule has 0 saturated carbocycles. The number of rotatable bonds is 6. The number of carbonyl (C=O) groups is 2. The molecule has 33 heavy (non-hydrogen) atoms. The van der Waals surface area contributed by atoms with Gasteiger partial charge in [-0.1, -0.05) is 71.7 Å². The van der Waals surface area contributed by atoms with Crippen molar-refractivity contribution in [3.05, 3.63) is 100 Å². The van der Waals surface area contributed by atoms with Crippen LogP contribution < -0.4 is 16.0 Å². The van der Waals surface area contributed by atoms with Crippen LogP contribution in [0.15, 0.2) is 78.9 Å². The van der Waals surface area contributed by atoms with Gasteiger partial charge in [-0.2, -0.15) is 5.10 Å². The van der Waals surface area contributed by atoms with E-state index in [1.165, 1.54) is 0 Å². The molecule has 3 amide bonds. The topological polar surface area (TPSA) is 98.9 Å². The van der Waals surface area contributed by atoms with E-state index in [9.17, 15) is 9.59 Å². The molecule has 0 spiro atoms. The molecule has 166 valence electrons. The number of H-pyrrole nitrogens is 1. The number of aromatic amines is 1. The highest BCUT2D eigenvalue weighted by Crippen LogP contribution is 2.33. The van der Waals surface area contributed by atoms with Crippen molar-refractivity contribution in [2.45, 2.75) is 6.54 Å². The summed E-state index contributed by atoms with van der Waals surface area (Å²) in [5.41, 5.74) is 3.17. The molecule has 0 radical (unpaired) electrons. The number of nitrogens with one attached hydrogen (secondary N) is 4. The maximum atomic E-state index is 12.5. The summed E-state index contributed by atoms with van der Waals surface area (Å²) in [6.45, 7) is 0.413. The van der Waals surface area contributed by atoms with Crippen LogP contribution in [0, 0.1) is 0 Å². The van der Waals surface area contributed by atoms with Crippen molar-refractivity contribution < 1.29 is 9.59 Å². The van der Waals surface area contributed by atoms with Crippen molar-refractivity contribution >= 4 is 46.6 Å². The molecule has 1 heterocycles. The molecular weight excluding hydrogens is 461 g/mol. The first-order chi connectivity index (χ1) is 16.0. The minimum absolute atomic E-state index is 0.238. The van der Waals surface area contributed by atoms with Crippen LogP contribution in [-0.2, 0) is 6.54 Å². The highest BCUT2D eigenvalue weighted by molar-refractivity contribution is 6.43. The van der Waals surface area contributed by atoms with Crippen LogP contribution in [0.1, 0.15) is 15.9 Å². The predicted octanol–water partition coefficient (Wildman–Crippen LogP) is 5.96. The van der Waals surface area contributed by atoms with Gasteiger partial charge in [0.15, 0.2) is 5.82 Å². The van der Waals surface area contributed by atoms with Gasteiger partial charge in [0.05, 0.1) is 15.7 Å². The zero-order valence-electron chi connectivity index (χ0n) is 17.2. The Balaban J connectivity index is 1.37. The van der Waals surface area contributed by atoms with Crippen LogP contribution in [0.3, 0.4) is 0 Å². The first-order valence-corrected chi connectivity index (χ1v) is 10.7. The van der Waals surface area contributed by atoms with Crippen LogP contribution in [0.2, 0.25) is 10.0 Å². The van der Waals surface area contributed by atoms with E-state index < -0.39 is 6.03 Å². The number of anilines is 2. The molecule has 7 nitrogen and oxygen atoms in total. The summed E-state index contributed by atoms with van der Waals surface area (Å²) < 4.78 is 0. The second-order valence-corrected chi connectivity index (χ2v) is 7.88. The van der Waals surface area contributed by atoms with Gasteiger partial charge in [0.2, 0.25) is 0 Å². The maximum Gasteiger partial charge on any atom is 0.324 e. The minimum atomic E-state index is -0.507. The van der Waals surface area contributed by atoms with E-state index in [-0.39, 0.29) is 5.91 Å². The lowest BCUT2D eigenvalue weighted by molar-refractivity contribution is 0.0951. The lowest BCUT2D eigenvalue weighted by Crippen LogP contribution is -2.23. The first-order valence-electron chi connectivity index (χ1n) is 9.99. The summed E-state index contributed by atoms with van der Waals surface area (Å²) in [7, 11) is 0. The second kappa shape index (κ2) is 10.2. The van der Waals surface area contributed by atoms with E-state index in [0.29, 0.717) is 44.9 Å². The lowest BCUT2D eigenvalue weighted by atomic mass is 10.1. The normalized spacial score (nSPS) is 10.5. The van der Waals surface area contributed by atoms with Crippen LogP contribution >= 0.6 is 23.2 Å². The third-order valence-corrected chi connectivity index (χ3v) is 5.56. The summed E-state index contributed by atoms with van der Waals surface area (Å²) in [5, 5.41) is 15.9. The first kappa shape index (κ1) is 22.4. The Morgan fingerprint density at radius 3 is 2.48 bits per heavy atom.